The number of carbonyl (C=O) groups excluding carboxylic acids is 1. The SMILES string of the molecule is O=C(CSc1ccc(-c2ccccc2)nn1)Nc1ccccc1C(F)(F)F. The summed E-state index contributed by atoms with van der Waals surface area (Å²) in [4.78, 5) is 12.0. The summed E-state index contributed by atoms with van der Waals surface area (Å²) in [7, 11) is 0. The quantitative estimate of drug-likeness (QED) is 0.631. The molecular weight excluding hydrogens is 375 g/mol. The van der Waals surface area contributed by atoms with E-state index in [2.05, 4.69) is 15.5 Å². The minimum atomic E-state index is -4.53. The highest BCUT2D eigenvalue weighted by Crippen LogP contribution is 2.34. The second-order valence-electron chi connectivity index (χ2n) is 5.50. The van der Waals surface area contributed by atoms with Crippen LogP contribution in [0.1, 0.15) is 5.56 Å². The van der Waals surface area contributed by atoms with Gasteiger partial charge in [-0.1, -0.05) is 54.2 Å². The molecule has 2 aromatic carbocycles. The lowest BCUT2D eigenvalue weighted by atomic mass is 10.1. The Morgan fingerprint density at radius 1 is 0.926 bits per heavy atom. The van der Waals surface area contributed by atoms with Crippen LogP contribution in [0, 0.1) is 0 Å². The monoisotopic (exact) mass is 389 g/mol. The van der Waals surface area contributed by atoms with Crippen LogP contribution in [0.25, 0.3) is 11.3 Å². The summed E-state index contributed by atoms with van der Waals surface area (Å²) in [6.45, 7) is 0. The first kappa shape index (κ1) is 18.9. The lowest BCUT2D eigenvalue weighted by Gasteiger charge is -2.13. The molecule has 3 aromatic rings. The molecular formula is C19H14F3N3OS. The van der Waals surface area contributed by atoms with Crippen molar-refractivity contribution in [3.05, 3.63) is 72.3 Å². The number of thioether (sulfide) groups is 1. The highest BCUT2D eigenvalue weighted by atomic mass is 32.2. The van der Waals surface area contributed by atoms with Gasteiger partial charge in [0.25, 0.3) is 0 Å². The molecule has 0 fully saturated rings. The number of aromatic nitrogens is 2. The number of nitrogens with zero attached hydrogens (tertiary/aromatic N) is 2. The predicted octanol–water partition coefficient (Wildman–Crippen LogP) is 4.89. The Kier molecular flexibility index (Phi) is 5.75. The smallest absolute Gasteiger partial charge is 0.325 e. The zero-order chi connectivity index (χ0) is 19.3. The molecule has 0 radical (unpaired) electrons. The van der Waals surface area contributed by atoms with Gasteiger partial charge in [0.1, 0.15) is 5.03 Å². The zero-order valence-corrected chi connectivity index (χ0v) is 14.7. The topological polar surface area (TPSA) is 54.9 Å². The lowest BCUT2D eigenvalue weighted by molar-refractivity contribution is -0.137. The molecule has 0 bridgehead atoms. The molecule has 0 unspecified atom stereocenters. The van der Waals surface area contributed by atoms with Crippen molar-refractivity contribution >= 4 is 23.4 Å². The van der Waals surface area contributed by atoms with Crippen LogP contribution in [0.4, 0.5) is 18.9 Å². The summed E-state index contributed by atoms with van der Waals surface area (Å²) in [6.07, 6.45) is -4.53. The fourth-order valence-corrected chi connectivity index (χ4v) is 2.94. The molecule has 1 heterocycles. The maximum absolute atomic E-state index is 13.0. The van der Waals surface area contributed by atoms with Gasteiger partial charge in [-0.05, 0) is 24.3 Å². The van der Waals surface area contributed by atoms with Gasteiger partial charge in [-0.3, -0.25) is 4.79 Å². The van der Waals surface area contributed by atoms with E-state index in [1.807, 2.05) is 30.3 Å². The molecule has 0 aliphatic heterocycles. The molecule has 3 rings (SSSR count). The Morgan fingerprint density at radius 2 is 1.63 bits per heavy atom. The standard InChI is InChI=1S/C19H14F3N3OS/c20-19(21,22)14-8-4-5-9-16(14)23-17(26)12-27-18-11-10-15(24-25-18)13-6-2-1-3-7-13/h1-11H,12H2,(H,23,26). The molecule has 27 heavy (non-hydrogen) atoms. The normalized spacial score (nSPS) is 11.2. The van der Waals surface area contributed by atoms with Crippen molar-refractivity contribution in [2.45, 2.75) is 11.2 Å². The molecule has 0 aliphatic carbocycles. The van der Waals surface area contributed by atoms with Gasteiger partial charge < -0.3 is 5.32 Å². The molecule has 0 spiro atoms. The highest BCUT2D eigenvalue weighted by molar-refractivity contribution is 7.99. The van der Waals surface area contributed by atoms with Crippen molar-refractivity contribution in [1.29, 1.82) is 0 Å². The number of rotatable bonds is 5. The van der Waals surface area contributed by atoms with Crippen LogP contribution in [-0.4, -0.2) is 21.9 Å². The fraction of sp³-hybridized carbons (Fsp3) is 0.105. The number of benzene rings is 2. The Labute approximate surface area is 157 Å². The Hall–Kier alpha value is -2.87. The minimum Gasteiger partial charge on any atom is -0.325 e. The first-order valence-electron chi connectivity index (χ1n) is 7.91. The third kappa shape index (κ3) is 5.07. The molecule has 138 valence electrons. The molecule has 1 amide bonds. The van der Waals surface area contributed by atoms with Gasteiger partial charge in [-0.2, -0.15) is 13.2 Å². The molecule has 0 saturated heterocycles. The molecule has 1 aromatic heterocycles. The lowest BCUT2D eigenvalue weighted by Crippen LogP contribution is -2.18. The van der Waals surface area contributed by atoms with Gasteiger partial charge in [0.15, 0.2) is 0 Å². The number of anilines is 1. The summed E-state index contributed by atoms with van der Waals surface area (Å²) in [5.74, 6) is -0.628. The highest BCUT2D eigenvalue weighted by Gasteiger charge is 2.33. The van der Waals surface area contributed by atoms with E-state index in [-0.39, 0.29) is 11.4 Å². The largest absolute Gasteiger partial charge is 0.418 e. The summed E-state index contributed by atoms with van der Waals surface area (Å²) >= 11 is 1.10. The summed E-state index contributed by atoms with van der Waals surface area (Å²) in [5.41, 5.74) is 0.475. The average Bonchev–Trinajstić information content (AvgIpc) is 2.67. The predicted molar refractivity (Wildman–Crippen MR) is 98.3 cm³/mol. The number of para-hydroxylation sites is 1. The van der Waals surface area contributed by atoms with Crippen LogP contribution in [0.2, 0.25) is 0 Å². The number of amides is 1. The number of hydrogen-bond donors (Lipinski definition) is 1. The summed E-state index contributed by atoms with van der Waals surface area (Å²) in [6, 6.07) is 17.9. The Balaban J connectivity index is 1.60. The number of halogens is 3. The van der Waals surface area contributed by atoms with Crippen molar-refractivity contribution in [2.24, 2.45) is 0 Å². The van der Waals surface area contributed by atoms with Crippen molar-refractivity contribution in [2.75, 3.05) is 11.1 Å². The Morgan fingerprint density at radius 3 is 2.30 bits per heavy atom. The van der Waals surface area contributed by atoms with Gasteiger partial charge in [-0.25, -0.2) is 0 Å². The number of hydrogen-bond acceptors (Lipinski definition) is 4. The maximum Gasteiger partial charge on any atom is 0.418 e. The fourth-order valence-electron chi connectivity index (χ4n) is 2.32. The molecule has 0 aliphatic rings. The van der Waals surface area contributed by atoms with Crippen LogP contribution in [0.3, 0.4) is 0 Å². The first-order chi connectivity index (χ1) is 12.9. The molecule has 4 nitrogen and oxygen atoms in total. The van der Waals surface area contributed by atoms with Crippen molar-refractivity contribution in [3.8, 4) is 11.3 Å². The second-order valence-corrected chi connectivity index (χ2v) is 6.50. The second kappa shape index (κ2) is 8.22. The van der Waals surface area contributed by atoms with E-state index in [0.717, 1.165) is 23.4 Å². The van der Waals surface area contributed by atoms with Gasteiger partial charge >= 0.3 is 6.18 Å². The van der Waals surface area contributed by atoms with Gasteiger partial charge in [-0.15, -0.1) is 10.2 Å². The van der Waals surface area contributed by atoms with Crippen molar-refractivity contribution in [1.82, 2.24) is 10.2 Å². The van der Waals surface area contributed by atoms with E-state index in [0.29, 0.717) is 10.7 Å². The van der Waals surface area contributed by atoms with E-state index in [9.17, 15) is 18.0 Å². The van der Waals surface area contributed by atoms with Crippen LogP contribution in [-0.2, 0) is 11.0 Å². The van der Waals surface area contributed by atoms with Crippen LogP contribution in [0.15, 0.2) is 71.8 Å². The molecule has 8 heteroatoms. The minimum absolute atomic E-state index is 0.0778. The van der Waals surface area contributed by atoms with Crippen LogP contribution >= 0.6 is 11.8 Å². The average molecular weight is 389 g/mol. The van der Waals surface area contributed by atoms with E-state index in [1.54, 1.807) is 12.1 Å². The zero-order valence-electron chi connectivity index (χ0n) is 13.9. The van der Waals surface area contributed by atoms with E-state index >= 15 is 0 Å². The summed E-state index contributed by atoms with van der Waals surface area (Å²) < 4.78 is 38.9. The van der Waals surface area contributed by atoms with Gasteiger partial charge in [0.2, 0.25) is 5.91 Å². The first-order valence-corrected chi connectivity index (χ1v) is 8.90. The Bertz CT molecular complexity index is 915. The van der Waals surface area contributed by atoms with Gasteiger partial charge in [0, 0.05) is 5.56 Å². The molecule has 0 saturated carbocycles. The molecule has 1 N–H and O–H groups in total. The maximum atomic E-state index is 13.0. The van der Waals surface area contributed by atoms with E-state index in [4.69, 9.17) is 0 Å². The van der Waals surface area contributed by atoms with Crippen LogP contribution < -0.4 is 5.32 Å². The number of nitrogens with one attached hydrogen (secondary N) is 1. The molecule has 0 atom stereocenters. The number of alkyl halides is 3. The summed E-state index contributed by atoms with van der Waals surface area (Å²) in [5, 5.41) is 11.0. The van der Waals surface area contributed by atoms with E-state index in [1.165, 1.54) is 18.2 Å². The van der Waals surface area contributed by atoms with E-state index < -0.39 is 17.6 Å². The van der Waals surface area contributed by atoms with Crippen molar-refractivity contribution in [3.63, 3.8) is 0 Å². The third-order valence-corrected chi connectivity index (χ3v) is 4.49. The van der Waals surface area contributed by atoms with Gasteiger partial charge in [0.05, 0.1) is 22.7 Å². The van der Waals surface area contributed by atoms with Crippen LogP contribution in [0.5, 0.6) is 0 Å². The number of carbonyl (C=O) groups is 1. The third-order valence-electron chi connectivity index (χ3n) is 3.57. The van der Waals surface area contributed by atoms with Crippen molar-refractivity contribution < 1.29 is 18.0 Å².